The highest BCUT2D eigenvalue weighted by Gasteiger charge is 2.41. The number of nitro groups is 1. The first-order valence-electron chi connectivity index (χ1n) is 8.01. The minimum atomic E-state index is -1.03. The molecule has 0 aliphatic carbocycles. The lowest BCUT2D eigenvalue weighted by atomic mass is 9.94. The first-order chi connectivity index (χ1) is 12.7. The van der Waals surface area contributed by atoms with Gasteiger partial charge in [-0.3, -0.25) is 10.1 Å². The van der Waals surface area contributed by atoms with E-state index in [-0.39, 0.29) is 16.4 Å². The summed E-state index contributed by atoms with van der Waals surface area (Å²) >= 11 is 5.23. The molecule has 1 heterocycles. The Balaban J connectivity index is 2.67. The first kappa shape index (κ1) is 20.3. The van der Waals surface area contributed by atoms with Gasteiger partial charge >= 0.3 is 12.1 Å². The number of nitrogens with one attached hydrogen (secondary N) is 1. The Morgan fingerprint density at radius 3 is 2.59 bits per heavy atom. The van der Waals surface area contributed by atoms with E-state index < -0.39 is 29.1 Å². The number of methoxy groups -OCH3 is 1. The number of hydrogen-bond acceptors (Lipinski definition) is 7. The zero-order valence-electron chi connectivity index (χ0n) is 15.2. The van der Waals surface area contributed by atoms with Crippen LogP contribution in [-0.4, -0.2) is 40.2 Å². The molecule has 1 atom stereocenters. The molecular formula is C17H19N3O6S. The van der Waals surface area contributed by atoms with Crippen LogP contribution in [0.15, 0.2) is 35.5 Å². The van der Waals surface area contributed by atoms with E-state index in [1.807, 2.05) is 0 Å². The number of amides is 1. The Morgan fingerprint density at radius 2 is 2.04 bits per heavy atom. The van der Waals surface area contributed by atoms with Crippen LogP contribution in [0.3, 0.4) is 0 Å². The number of carbonyl (C=O) groups is 2. The summed E-state index contributed by atoms with van der Waals surface area (Å²) in [5, 5.41) is 14.0. The Labute approximate surface area is 161 Å². The molecule has 0 unspecified atom stereocenters. The highest BCUT2D eigenvalue weighted by Crippen LogP contribution is 2.36. The number of ether oxygens (including phenoxy) is 2. The van der Waals surface area contributed by atoms with E-state index in [1.165, 1.54) is 25.3 Å². The van der Waals surface area contributed by atoms with Crippen LogP contribution >= 0.6 is 12.2 Å². The van der Waals surface area contributed by atoms with E-state index in [4.69, 9.17) is 21.7 Å². The van der Waals surface area contributed by atoms with Crippen molar-refractivity contribution in [3.63, 3.8) is 0 Å². The van der Waals surface area contributed by atoms with Gasteiger partial charge in [0.1, 0.15) is 6.04 Å². The van der Waals surface area contributed by atoms with Gasteiger partial charge in [0.05, 0.1) is 23.7 Å². The van der Waals surface area contributed by atoms with Crippen molar-refractivity contribution in [2.75, 3.05) is 7.11 Å². The highest BCUT2D eigenvalue weighted by atomic mass is 32.1. The topological polar surface area (TPSA) is 111 Å². The van der Waals surface area contributed by atoms with Gasteiger partial charge in [0, 0.05) is 17.8 Å². The summed E-state index contributed by atoms with van der Waals surface area (Å²) in [6, 6.07) is 4.60. The third-order valence-corrected chi connectivity index (χ3v) is 4.08. The van der Waals surface area contributed by atoms with Gasteiger partial charge in [-0.1, -0.05) is 12.1 Å². The van der Waals surface area contributed by atoms with Crippen molar-refractivity contribution >= 4 is 35.1 Å². The molecule has 144 valence electrons. The summed E-state index contributed by atoms with van der Waals surface area (Å²) in [5.74, 6) is -0.664. The largest absolute Gasteiger partial charge is 0.459 e. The molecule has 1 aromatic rings. The lowest BCUT2D eigenvalue weighted by Crippen LogP contribution is -2.51. The lowest BCUT2D eigenvalue weighted by Gasteiger charge is -2.37. The van der Waals surface area contributed by atoms with E-state index >= 15 is 0 Å². The van der Waals surface area contributed by atoms with Crippen molar-refractivity contribution < 1.29 is 24.0 Å². The molecular weight excluding hydrogens is 374 g/mol. The number of rotatable bonds is 4. The van der Waals surface area contributed by atoms with Crippen LogP contribution in [0, 0.1) is 10.1 Å². The van der Waals surface area contributed by atoms with E-state index in [9.17, 15) is 19.7 Å². The third kappa shape index (κ3) is 4.22. The minimum Gasteiger partial charge on any atom is -0.459 e. The molecule has 1 aromatic carbocycles. The number of nitro benzene ring substituents is 1. The van der Waals surface area contributed by atoms with E-state index in [0.717, 1.165) is 4.90 Å². The minimum absolute atomic E-state index is 0.0111. The molecule has 27 heavy (non-hydrogen) atoms. The Morgan fingerprint density at radius 1 is 1.37 bits per heavy atom. The Bertz CT molecular complexity index is 836. The lowest BCUT2D eigenvalue weighted by molar-refractivity contribution is -0.384. The van der Waals surface area contributed by atoms with Gasteiger partial charge in [-0.15, -0.1) is 0 Å². The average Bonchev–Trinajstić information content (AvgIpc) is 2.59. The third-order valence-electron chi connectivity index (χ3n) is 3.78. The second-order valence-electron chi connectivity index (χ2n) is 6.02. The van der Waals surface area contributed by atoms with E-state index in [1.54, 1.807) is 26.8 Å². The van der Waals surface area contributed by atoms with Gasteiger partial charge < -0.3 is 14.8 Å². The Hall–Kier alpha value is -3.01. The summed E-state index contributed by atoms with van der Waals surface area (Å²) in [4.78, 5) is 36.7. The maximum atomic E-state index is 12.7. The van der Waals surface area contributed by atoms with Crippen molar-refractivity contribution in [2.24, 2.45) is 0 Å². The maximum Gasteiger partial charge on any atom is 0.416 e. The van der Waals surface area contributed by atoms with Crippen molar-refractivity contribution in [3.05, 3.63) is 51.2 Å². The van der Waals surface area contributed by atoms with Crippen LogP contribution in [0.25, 0.3) is 0 Å². The van der Waals surface area contributed by atoms with Crippen LogP contribution in [0.1, 0.15) is 32.4 Å². The fraction of sp³-hybridized carbons (Fsp3) is 0.353. The molecule has 9 nitrogen and oxygen atoms in total. The normalized spacial score (nSPS) is 16.9. The van der Waals surface area contributed by atoms with Gasteiger partial charge in [0.2, 0.25) is 0 Å². The number of hydrogen-bond donors (Lipinski definition) is 1. The number of carbonyl (C=O) groups excluding carboxylic acids is 2. The fourth-order valence-corrected chi connectivity index (χ4v) is 3.03. The summed E-state index contributed by atoms with van der Waals surface area (Å²) in [7, 11) is 1.17. The second kappa shape index (κ2) is 8.12. The SMILES string of the molecule is COC(=O)N1C(=S)NC(C)=C(C(=O)OC(C)C)[C@@H]1c1cccc([N+](=O)[O-])c1. The maximum absolute atomic E-state index is 12.7. The molecule has 2 rings (SSSR count). The summed E-state index contributed by atoms with van der Waals surface area (Å²) < 4.78 is 10.1. The summed E-state index contributed by atoms with van der Waals surface area (Å²) in [5.41, 5.74) is 0.648. The number of nitrogens with zero attached hydrogens (tertiary/aromatic N) is 2. The van der Waals surface area contributed by atoms with Crippen molar-refractivity contribution in [3.8, 4) is 0 Å². The zero-order valence-corrected chi connectivity index (χ0v) is 16.0. The standard InChI is InChI=1S/C17H19N3O6S/c1-9(2)26-15(21)13-10(3)18-16(27)19(17(22)25-4)14(13)11-6-5-7-12(8-11)20(23)24/h5-9,14H,1-4H3,(H,18,27)/t14-/m0/s1. The molecule has 0 saturated carbocycles. The van der Waals surface area contributed by atoms with Crippen LogP contribution in [0.2, 0.25) is 0 Å². The van der Waals surface area contributed by atoms with Crippen LogP contribution < -0.4 is 5.32 Å². The fourth-order valence-electron chi connectivity index (χ4n) is 2.69. The van der Waals surface area contributed by atoms with Gasteiger partial charge in [-0.25, -0.2) is 14.5 Å². The predicted octanol–water partition coefficient (Wildman–Crippen LogP) is 2.82. The smallest absolute Gasteiger partial charge is 0.416 e. The summed E-state index contributed by atoms with van der Waals surface area (Å²) in [6.45, 7) is 4.99. The molecule has 0 bridgehead atoms. The summed E-state index contributed by atoms with van der Waals surface area (Å²) in [6.07, 6.45) is -1.21. The number of non-ortho nitro benzene ring substituents is 1. The number of esters is 1. The van der Waals surface area contributed by atoms with Crippen molar-refractivity contribution in [1.29, 1.82) is 0 Å². The average molecular weight is 393 g/mol. The predicted molar refractivity (Wildman–Crippen MR) is 99.7 cm³/mol. The molecule has 10 heteroatoms. The van der Waals surface area contributed by atoms with Gasteiger partial charge in [-0.2, -0.15) is 0 Å². The molecule has 0 radical (unpaired) electrons. The molecule has 1 aliphatic rings. The van der Waals surface area contributed by atoms with Crippen LogP contribution in [0.4, 0.5) is 10.5 Å². The molecule has 0 fully saturated rings. The Kier molecular flexibility index (Phi) is 6.11. The first-order valence-corrected chi connectivity index (χ1v) is 8.42. The van der Waals surface area contributed by atoms with Crippen LogP contribution in [0.5, 0.6) is 0 Å². The second-order valence-corrected chi connectivity index (χ2v) is 6.40. The van der Waals surface area contributed by atoms with Crippen molar-refractivity contribution in [2.45, 2.75) is 32.9 Å². The van der Waals surface area contributed by atoms with E-state index in [2.05, 4.69) is 5.32 Å². The van der Waals surface area contributed by atoms with Crippen molar-refractivity contribution in [1.82, 2.24) is 10.2 Å². The van der Waals surface area contributed by atoms with Gasteiger partial charge in [-0.05, 0) is 38.6 Å². The van der Waals surface area contributed by atoms with Gasteiger partial charge in [0.25, 0.3) is 5.69 Å². The zero-order chi connectivity index (χ0) is 20.3. The molecule has 0 aromatic heterocycles. The molecule has 1 N–H and O–H groups in total. The number of thiocarbonyl (C=S) groups is 1. The van der Waals surface area contributed by atoms with E-state index in [0.29, 0.717) is 11.3 Å². The molecule has 1 aliphatic heterocycles. The quantitative estimate of drug-likeness (QED) is 0.360. The molecule has 1 amide bonds. The monoisotopic (exact) mass is 393 g/mol. The molecule has 0 spiro atoms. The number of allylic oxidation sites excluding steroid dienone is 1. The number of benzene rings is 1. The van der Waals surface area contributed by atoms with Crippen LogP contribution in [-0.2, 0) is 14.3 Å². The highest BCUT2D eigenvalue weighted by molar-refractivity contribution is 7.80. The van der Waals surface area contributed by atoms with Gasteiger partial charge in [0.15, 0.2) is 5.11 Å². The molecule has 0 saturated heterocycles.